The Balaban J connectivity index is 0. The molecule has 0 rings (SSSR count). The Morgan fingerprint density at radius 3 is 2.09 bits per heavy atom. The van der Waals surface area contributed by atoms with Crippen molar-refractivity contribution >= 4 is 23.4 Å². The third-order valence-electron chi connectivity index (χ3n) is 5.38. The maximum absolute atomic E-state index is 13.5. The number of ether oxygens (including phenoxy) is 1. The van der Waals surface area contributed by atoms with Gasteiger partial charge in [0.1, 0.15) is 17.3 Å². The van der Waals surface area contributed by atoms with Gasteiger partial charge >= 0.3 is 12.3 Å². The van der Waals surface area contributed by atoms with Gasteiger partial charge in [0.05, 0.1) is 23.5 Å². The van der Waals surface area contributed by atoms with Crippen LogP contribution in [0.1, 0.15) is 74.7 Å². The van der Waals surface area contributed by atoms with Crippen LogP contribution in [-0.4, -0.2) is 79.4 Å². The zero-order valence-corrected chi connectivity index (χ0v) is 28.2. The summed E-state index contributed by atoms with van der Waals surface area (Å²) in [6, 6.07) is -1.04. The second-order valence-corrected chi connectivity index (χ2v) is 11.8. The molecule has 0 spiro atoms. The van der Waals surface area contributed by atoms with Crippen molar-refractivity contribution in [2.24, 2.45) is 16.5 Å². The molecule has 0 saturated carbocycles. The SMILES string of the molecule is CC/C=C\C(=N)C(/C=C(\N)C(F)(F)F)=NCC(C)(C)NC(=O)C(C/C(C=C(C)CC)=C/N(C)C)NC(=O)OC(C)(C)C.CN. The molecule has 0 heterocycles. The lowest BCUT2D eigenvalue weighted by atomic mass is 10.00. The second-order valence-electron chi connectivity index (χ2n) is 11.8. The highest BCUT2D eigenvalue weighted by Gasteiger charge is 2.32. The van der Waals surface area contributed by atoms with Crippen molar-refractivity contribution in [3.05, 3.63) is 47.3 Å². The molecular formula is C31H54F3N7O3. The fraction of sp³-hybridized carbons (Fsp3) is 0.613. The minimum atomic E-state index is -4.79. The Morgan fingerprint density at radius 1 is 1.07 bits per heavy atom. The van der Waals surface area contributed by atoms with E-state index in [4.69, 9.17) is 15.9 Å². The molecule has 0 aliphatic carbocycles. The lowest BCUT2D eigenvalue weighted by molar-refractivity contribution is -0.124. The maximum Gasteiger partial charge on any atom is 0.430 e. The molecular weight excluding hydrogens is 575 g/mol. The molecule has 252 valence electrons. The molecule has 0 aliphatic heterocycles. The van der Waals surface area contributed by atoms with Crippen LogP contribution in [0.4, 0.5) is 18.0 Å². The van der Waals surface area contributed by atoms with E-state index in [1.165, 1.54) is 13.1 Å². The van der Waals surface area contributed by atoms with Crippen molar-refractivity contribution in [2.45, 2.75) is 98.0 Å². The summed E-state index contributed by atoms with van der Waals surface area (Å²) in [4.78, 5) is 32.2. The fourth-order valence-electron chi connectivity index (χ4n) is 3.30. The summed E-state index contributed by atoms with van der Waals surface area (Å²) >= 11 is 0. The lowest BCUT2D eigenvalue weighted by Gasteiger charge is -2.29. The molecule has 1 atom stereocenters. The van der Waals surface area contributed by atoms with Gasteiger partial charge < -0.3 is 31.7 Å². The number of hydrogen-bond acceptors (Lipinski definition) is 8. The zero-order valence-electron chi connectivity index (χ0n) is 28.2. The summed E-state index contributed by atoms with van der Waals surface area (Å²) in [5, 5.41) is 13.6. The van der Waals surface area contributed by atoms with Gasteiger partial charge in [0, 0.05) is 26.7 Å². The van der Waals surface area contributed by atoms with E-state index < -0.39 is 41.1 Å². The van der Waals surface area contributed by atoms with Crippen LogP contribution in [0.2, 0.25) is 0 Å². The molecule has 0 aliphatic rings. The van der Waals surface area contributed by atoms with Crippen LogP contribution >= 0.6 is 0 Å². The summed E-state index contributed by atoms with van der Waals surface area (Å²) in [6.07, 6.45) is 3.31. The number of rotatable bonds is 14. The largest absolute Gasteiger partial charge is 0.444 e. The van der Waals surface area contributed by atoms with Gasteiger partial charge in [-0.05, 0) is 79.2 Å². The first-order valence-electron chi connectivity index (χ1n) is 14.4. The maximum atomic E-state index is 13.5. The Bertz CT molecular complexity index is 1100. The van der Waals surface area contributed by atoms with Crippen LogP contribution in [0.25, 0.3) is 0 Å². The van der Waals surface area contributed by atoms with E-state index in [2.05, 4.69) is 21.4 Å². The molecule has 44 heavy (non-hydrogen) atoms. The van der Waals surface area contributed by atoms with Crippen LogP contribution < -0.4 is 22.1 Å². The van der Waals surface area contributed by atoms with E-state index in [1.807, 2.05) is 52.0 Å². The van der Waals surface area contributed by atoms with E-state index in [9.17, 15) is 22.8 Å². The molecule has 1 unspecified atom stereocenters. The number of nitrogens with two attached hydrogens (primary N) is 2. The number of nitrogens with one attached hydrogen (secondary N) is 3. The first kappa shape index (κ1) is 42.5. The number of carbonyl (C=O) groups excluding carboxylic acids is 2. The molecule has 10 nitrogen and oxygen atoms in total. The molecule has 2 amide bonds. The van der Waals surface area contributed by atoms with Crippen LogP contribution in [0.15, 0.2) is 52.3 Å². The first-order chi connectivity index (χ1) is 20.1. The average Bonchev–Trinajstić information content (AvgIpc) is 2.87. The zero-order chi connectivity index (χ0) is 34.9. The number of carbonyl (C=O) groups is 2. The summed E-state index contributed by atoms with van der Waals surface area (Å²) in [5.41, 5.74) is 7.76. The summed E-state index contributed by atoms with van der Waals surface area (Å²) in [5.74, 6) is -0.541. The number of hydrogen-bond donors (Lipinski definition) is 5. The monoisotopic (exact) mass is 629 g/mol. The Hall–Kier alpha value is -3.61. The first-order valence-corrected chi connectivity index (χ1v) is 14.4. The molecule has 0 saturated heterocycles. The summed E-state index contributed by atoms with van der Waals surface area (Å²) in [6.45, 7) is 14.0. The van der Waals surface area contributed by atoms with Gasteiger partial charge in [-0.15, -0.1) is 0 Å². The number of alkyl halides is 3. The number of aliphatic imine (C=N–C) groups is 1. The number of nitrogens with zero attached hydrogens (tertiary/aromatic N) is 2. The minimum absolute atomic E-state index is 0.141. The molecule has 13 heteroatoms. The molecule has 0 aromatic rings. The molecule has 0 radical (unpaired) electrons. The third-order valence-corrected chi connectivity index (χ3v) is 5.38. The Kier molecular flexibility index (Phi) is 19.0. The minimum Gasteiger partial charge on any atom is -0.444 e. The van der Waals surface area contributed by atoms with Gasteiger partial charge in [-0.2, -0.15) is 13.2 Å². The van der Waals surface area contributed by atoms with Gasteiger partial charge in [0.2, 0.25) is 5.91 Å². The fourth-order valence-corrected chi connectivity index (χ4v) is 3.30. The van der Waals surface area contributed by atoms with Crippen LogP contribution in [0, 0.1) is 5.41 Å². The van der Waals surface area contributed by atoms with Crippen LogP contribution in [0.3, 0.4) is 0 Å². The van der Waals surface area contributed by atoms with E-state index in [1.54, 1.807) is 40.7 Å². The topological polar surface area (TPSA) is 159 Å². The average molecular weight is 630 g/mol. The van der Waals surface area contributed by atoms with Crippen molar-refractivity contribution in [1.82, 2.24) is 15.5 Å². The highest BCUT2D eigenvalue weighted by molar-refractivity contribution is 6.49. The Labute approximate surface area is 261 Å². The molecule has 0 aromatic heterocycles. The number of halogens is 3. The highest BCUT2D eigenvalue weighted by Crippen LogP contribution is 2.21. The van der Waals surface area contributed by atoms with Gasteiger partial charge in [-0.3, -0.25) is 15.2 Å². The van der Waals surface area contributed by atoms with Crippen molar-refractivity contribution < 1.29 is 27.5 Å². The van der Waals surface area contributed by atoms with E-state index >= 15 is 0 Å². The standard InChI is InChI=1S/C30H49F3N6O3.CH5N/c1-11-13-14-22(34)23(17-25(35)30(31,32)33)36-19-29(7,8)38-26(40)24(37-27(41)42-28(4,5)6)16-21(18-39(9)10)15-20(3)12-2;1-2/h13-15,17-18,24,34H,11-12,16,19,35H2,1-10H3,(H,37,41)(H,38,40);2H2,1H3/b14-13-,20-15?,21-18+,25-17-,34-22?,36-23?;. The van der Waals surface area contributed by atoms with Crippen molar-refractivity contribution in [2.75, 3.05) is 27.7 Å². The van der Waals surface area contributed by atoms with E-state index in [-0.39, 0.29) is 24.4 Å². The number of amides is 2. The predicted molar refractivity (Wildman–Crippen MR) is 174 cm³/mol. The normalized spacial score (nSPS) is 14.4. The van der Waals surface area contributed by atoms with Gasteiger partial charge in [-0.25, -0.2) is 4.79 Å². The van der Waals surface area contributed by atoms with Crippen molar-refractivity contribution in [3.63, 3.8) is 0 Å². The van der Waals surface area contributed by atoms with Gasteiger partial charge in [0.15, 0.2) is 0 Å². The summed E-state index contributed by atoms with van der Waals surface area (Å²) < 4.78 is 44.7. The van der Waals surface area contributed by atoms with Crippen LogP contribution in [-0.2, 0) is 9.53 Å². The number of allylic oxidation sites excluding steroid dienone is 6. The van der Waals surface area contributed by atoms with Crippen LogP contribution in [0.5, 0.6) is 0 Å². The molecule has 0 bridgehead atoms. The molecule has 7 N–H and O–H groups in total. The second kappa shape index (κ2) is 19.6. The van der Waals surface area contributed by atoms with Gasteiger partial charge in [-0.1, -0.05) is 31.6 Å². The smallest absolute Gasteiger partial charge is 0.430 e. The quantitative estimate of drug-likeness (QED) is 0.128. The van der Waals surface area contributed by atoms with Crippen molar-refractivity contribution in [1.29, 1.82) is 5.41 Å². The molecule has 0 aromatic carbocycles. The third kappa shape index (κ3) is 19.6. The molecule has 0 fully saturated rings. The van der Waals surface area contributed by atoms with Crippen molar-refractivity contribution in [3.8, 4) is 0 Å². The number of alkyl carbamates (subject to hydrolysis) is 1. The Morgan fingerprint density at radius 2 is 1.64 bits per heavy atom. The van der Waals surface area contributed by atoms with E-state index in [0.29, 0.717) is 12.5 Å². The van der Waals surface area contributed by atoms with E-state index in [0.717, 1.165) is 17.6 Å². The van der Waals surface area contributed by atoms with Gasteiger partial charge in [0.25, 0.3) is 0 Å². The highest BCUT2D eigenvalue weighted by atomic mass is 19.4. The lowest BCUT2D eigenvalue weighted by Crippen LogP contribution is -2.55. The predicted octanol–water partition coefficient (Wildman–Crippen LogP) is 5.37. The summed E-state index contributed by atoms with van der Waals surface area (Å²) in [7, 11) is 5.19.